The molecule has 2 atom stereocenters. The molecule has 1 aliphatic rings. The highest BCUT2D eigenvalue weighted by Gasteiger charge is 2.28. The van der Waals surface area contributed by atoms with Crippen LogP contribution in [0.15, 0.2) is 22.8 Å². The van der Waals surface area contributed by atoms with Crippen LogP contribution >= 0.6 is 0 Å². The average Bonchev–Trinajstić information content (AvgIpc) is 2.88. The lowest BCUT2D eigenvalue weighted by Gasteiger charge is -2.17. The summed E-state index contributed by atoms with van der Waals surface area (Å²) in [5, 5.41) is 2.38. The highest BCUT2D eigenvalue weighted by atomic mass is 16.3. The largest absolute Gasteiger partial charge is 0.463 e. The second kappa shape index (κ2) is 5.33. The summed E-state index contributed by atoms with van der Waals surface area (Å²) in [7, 11) is 0. The predicted molar refractivity (Wildman–Crippen MR) is 58.6 cm³/mol. The molecule has 2 rings (SSSR count). The van der Waals surface area contributed by atoms with Crippen molar-refractivity contribution in [1.82, 2.24) is 0 Å². The highest BCUT2D eigenvalue weighted by Crippen LogP contribution is 1.98. The van der Waals surface area contributed by atoms with E-state index in [1.54, 1.807) is 11.2 Å². The molecule has 1 aliphatic heterocycles. The normalized spacial score (nSPS) is 25.9. The maximum Gasteiger partial charge on any atom is 0.157 e. The quantitative estimate of drug-likeness (QED) is 0.669. The molecule has 3 heteroatoms. The van der Waals surface area contributed by atoms with Gasteiger partial charge < -0.3 is 14.6 Å². The summed E-state index contributed by atoms with van der Waals surface area (Å²) in [5.41, 5.74) is 0. The molecule has 84 valence electrons. The van der Waals surface area contributed by atoms with Gasteiger partial charge in [-0.15, -0.1) is 0 Å². The second-order valence-corrected chi connectivity index (χ2v) is 4.41. The maximum atomic E-state index is 5.31. The molecule has 3 nitrogen and oxygen atoms in total. The lowest BCUT2D eigenvalue weighted by Crippen LogP contribution is -3.16. The van der Waals surface area contributed by atoms with Crippen LogP contribution in [0.4, 0.5) is 0 Å². The summed E-state index contributed by atoms with van der Waals surface area (Å²) in [6.07, 6.45) is 4.56. The van der Waals surface area contributed by atoms with Gasteiger partial charge >= 0.3 is 0 Å². The van der Waals surface area contributed by atoms with Crippen LogP contribution in [-0.2, 0) is 6.54 Å². The van der Waals surface area contributed by atoms with Gasteiger partial charge in [-0.3, -0.25) is 0 Å². The fourth-order valence-electron chi connectivity index (χ4n) is 2.59. The molecule has 0 radical (unpaired) electrons. The minimum atomic E-state index is 0.866. The Morgan fingerprint density at radius 1 is 1.60 bits per heavy atom. The summed E-state index contributed by atoms with van der Waals surface area (Å²) >= 11 is 0. The van der Waals surface area contributed by atoms with Crippen molar-refractivity contribution in [3.05, 3.63) is 24.2 Å². The Balaban J connectivity index is 1.69. The summed E-state index contributed by atoms with van der Waals surface area (Å²) in [6.45, 7) is 7.17. The zero-order valence-electron chi connectivity index (χ0n) is 9.54. The van der Waals surface area contributed by atoms with E-state index in [1.807, 2.05) is 6.07 Å². The maximum absolute atomic E-state index is 5.31. The Kier molecular flexibility index (Phi) is 3.80. The van der Waals surface area contributed by atoms with Gasteiger partial charge in [-0.2, -0.15) is 0 Å². The van der Waals surface area contributed by atoms with E-state index < -0.39 is 0 Å². The predicted octanol–water partition coefficient (Wildman–Crippen LogP) is -0.590. The minimum Gasteiger partial charge on any atom is -0.463 e. The number of hydrogen-bond acceptors (Lipinski definition) is 1. The van der Waals surface area contributed by atoms with Crippen LogP contribution in [0.3, 0.4) is 0 Å². The zero-order valence-corrected chi connectivity index (χ0v) is 9.54. The topological polar surface area (TPSA) is 34.2 Å². The third-order valence-corrected chi connectivity index (χ3v) is 3.46. The fourth-order valence-corrected chi connectivity index (χ4v) is 2.59. The van der Waals surface area contributed by atoms with E-state index in [0.717, 1.165) is 18.3 Å². The van der Waals surface area contributed by atoms with Gasteiger partial charge in [0.1, 0.15) is 19.1 Å². The van der Waals surface area contributed by atoms with Crippen LogP contribution in [0.5, 0.6) is 0 Å². The van der Waals surface area contributed by atoms with Crippen molar-refractivity contribution in [3.8, 4) is 0 Å². The van der Waals surface area contributed by atoms with E-state index >= 15 is 0 Å². The molecule has 1 saturated heterocycles. The summed E-state index contributed by atoms with van der Waals surface area (Å²) < 4.78 is 5.31. The SMILES string of the molecule is CC[NH+]1CCC[C@@H]1C[NH2+]Cc1ccco1. The van der Waals surface area contributed by atoms with E-state index in [2.05, 4.69) is 18.3 Å². The second-order valence-electron chi connectivity index (χ2n) is 4.41. The Morgan fingerprint density at radius 3 is 3.27 bits per heavy atom. The van der Waals surface area contributed by atoms with Gasteiger partial charge in [0.2, 0.25) is 0 Å². The van der Waals surface area contributed by atoms with Crippen molar-refractivity contribution in [1.29, 1.82) is 0 Å². The lowest BCUT2D eigenvalue weighted by atomic mass is 10.2. The fraction of sp³-hybridized carbons (Fsp3) is 0.667. The van der Waals surface area contributed by atoms with Gasteiger partial charge in [-0.25, -0.2) is 0 Å². The number of likely N-dealkylation sites (N-methyl/N-ethyl adjacent to an activating group) is 1. The van der Waals surface area contributed by atoms with E-state index in [0.29, 0.717) is 0 Å². The molecular weight excluding hydrogens is 188 g/mol. The zero-order chi connectivity index (χ0) is 10.5. The lowest BCUT2D eigenvalue weighted by molar-refractivity contribution is -0.925. The third-order valence-electron chi connectivity index (χ3n) is 3.46. The number of rotatable bonds is 5. The molecular formula is C12H22N2O+2. The number of likely N-dealkylation sites (tertiary alicyclic amines) is 1. The van der Waals surface area contributed by atoms with Gasteiger partial charge in [0.25, 0.3) is 0 Å². The first kappa shape index (κ1) is 10.7. The molecule has 0 amide bonds. The van der Waals surface area contributed by atoms with Crippen LogP contribution in [0.1, 0.15) is 25.5 Å². The van der Waals surface area contributed by atoms with Crippen LogP contribution in [0, 0.1) is 0 Å². The molecule has 0 bridgehead atoms. The first-order valence-electron chi connectivity index (χ1n) is 6.08. The molecule has 1 fully saturated rings. The average molecular weight is 210 g/mol. The van der Waals surface area contributed by atoms with Crippen molar-refractivity contribution in [2.24, 2.45) is 0 Å². The third kappa shape index (κ3) is 2.83. The van der Waals surface area contributed by atoms with Gasteiger partial charge in [0, 0.05) is 12.8 Å². The van der Waals surface area contributed by atoms with Crippen molar-refractivity contribution >= 4 is 0 Å². The number of quaternary nitrogens is 2. The molecule has 1 aromatic heterocycles. The smallest absolute Gasteiger partial charge is 0.157 e. The summed E-state index contributed by atoms with van der Waals surface area (Å²) in [5.74, 6) is 1.09. The molecule has 0 spiro atoms. The summed E-state index contributed by atoms with van der Waals surface area (Å²) in [4.78, 5) is 1.78. The Bertz CT molecular complexity index is 271. The molecule has 2 heterocycles. The van der Waals surface area contributed by atoms with Crippen molar-refractivity contribution in [2.45, 2.75) is 32.4 Å². The first-order chi connectivity index (χ1) is 7.40. The van der Waals surface area contributed by atoms with E-state index in [9.17, 15) is 0 Å². The molecule has 3 N–H and O–H groups in total. The Morgan fingerprint density at radius 2 is 2.53 bits per heavy atom. The van der Waals surface area contributed by atoms with E-state index in [-0.39, 0.29) is 0 Å². The number of furan rings is 1. The standard InChI is InChI=1S/C12H20N2O/c1-2-14-7-3-5-11(14)9-13-10-12-6-4-8-15-12/h4,6,8,11,13H,2-3,5,7,9-10H2,1H3/p+2/t11-/m1/s1. The number of nitrogens with two attached hydrogens (primary N) is 1. The van der Waals surface area contributed by atoms with E-state index in [4.69, 9.17) is 4.42 Å². The van der Waals surface area contributed by atoms with Gasteiger partial charge in [-0.05, 0) is 19.1 Å². The molecule has 0 saturated carbocycles. The molecule has 15 heavy (non-hydrogen) atoms. The van der Waals surface area contributed by atoms with Gasteiger partial charge in [0.05, 0.1) is 19.4 Å². The Hall–Kier alpha value is -0.800. The van der Waals surface area contributed by atoms with Gasteiger partial charge in [0.15, 0.2) is 5.76 Å². The Labute approximate surface area is 91.4 Å². The van der Waals surface area contributed by atoms with Crippen LogP contribution in [0.2, 0.25) is 0 Å². The molecule has 0 aromatic carbocycles. The van der Waals surface area contributed by atoms with Crippen molar-refractivity contribution in [3.63, 3.8) is 0 Å². The highest BCUT2D eigenvalue weighted by molar-refractivity contribution is 4.95. The molecule has 0 aliphatic carbocycles. The van der Waals surface area contributed by atoms with Crippen molar-refractivity contribution in [2.75, 3.05) is 19.6 Å². The number of nitrogens with one attached hydrogen (secondary N) is 1. The molecule has 1 unspecified atom stereocenters. The number of hydrogen-bond donors (Lipinski definition) is 2. The molecule has 1 aromatic rings. The van der Waals surface area contributed by atoms with E-state index in [1.165, 1.54) is 32.5 Å². The van der Waals surface area contributed by atoms with Crippen LogP contribution in [-0.4, -0.2) is 25.7 Å². The summed E-state index contributed by atoms with van der Waals surface area (Å²) in [6, 6.07) is 4.88. The first-order valence-corrected chi connectivity index (χ1v) is 6.08. The monoisotopic (exact) mass is 210 g/mol. The van der Waals surface area contributed by atoms with Crippen LogP contribution in [0.25, 0.3) is 0 Å². The van der Waals surface area contributed by atoms with Gasteiger partial charge in [-0.1, -0.05) is 0 Å². The van der Waals surface area contributed by atoms with Crippen LogP contribution < -0.4 is 10.2 Å². The minimum absolute atomic E-state index is 0.866. The van der Waals surface area contributed by atoms with Crippen molar-refractivity contribution < 1.29 is 14.6 Å².